The molecular formula is C16H24Br2N2O. The Morgan fingerprint density at radius 1 is 1.29 bits per heavy atom. The first kappa shape index (κ1) is 17.3. The second-order valence-electron chi connectivity index (χ2n) is 5.69. The molecule has 0 saturated carbocycles. The van der Waals surface area contributed by atoms with Crippen molar-refractivity contribution >= 4 is 31.9 Å². The fourth-order valence-corrected chi connectivity index (χ4v) is 4.16. The second-order valence-corrected chi connectivity index (χ2v) is 7.46. The number of nitrogens with one attached hydrogen (secondary N) is 1. The Bertz CT molecular complexity index is 460. The molecule has 1 aliphatic heterocycles. The lowest BCUT2D eigenvalue weighted by Gasteiger charge is -2.29. The Labute approximate surface area is 144 Å². The van der Waals surface area contributed by atoms with Crippen LogP contribution in [0.5, 0.6) is 5.75 Å². The van der Waals surface area contributed by atoms with E-state index in [2.05, 4.69) is 55.2 Å². The minimum absolute atomic E-state index is 0.683. The van der Waals surface area contributed by atoms with E-state index >= 15 is 0 Å². The van der Waals surface area contributed by atoms with Crippen LogP contribution in [0.2, 0.25) is 0 Å². The number of piperidine rings is 1. The molecule has 1 aliphatic rings. The first-order valence-electron chi connectivity index (χ1n) is 7.60. The van der Waals surface area contributed by atoms with Gasteiger partial charge < -0.3 is 15.0 Å². The predicted molar refractivity (Wildman–Crippen MR) is 94.9 cm³/mol. The van der Waals surface area contributed by atoms with Crippen LogP contribution in [0.15, 0.2) is 21.1 Å². The number of halogens is 2. The molecule has 5 heteroatoms. The third kappa shape index (κ3) is 5.23. The van der Waals surface area contributed by atoms with E-state index in [9.17, 15) is 0 Å². The van der Waals surface area contributed by atoms with Gasteiger partial charge in [0.1, 0.15) is 5.75 Å². The van der Waals surface area contributed by atoms with Crippen LogP contribution in [-0.2, 0) is 6.54 Å². The van der Waals surface area contributed by atoms with Crippen molar-refractivity contribution in [3.8, 4) is 5.75 Å². The van der Waals surface area contributed by atoms with Gasteiger partial charge in [-0.1, -0.05) is 15.9 Å². The quantitative estimate of drug-likeness (QED) is 0.752. The summed E-state index contributed by atoms with van der Waals surface area (Å²) >= 11 is 7.14. The molecule has 3 nitrogen and oxygen atoms in total. The summed E-state index contributed by atoms with van der Waals surface area (Å²) < 4.78 is 7.85. The summed E-state index contributed by atoms with van der Waals surface area (Å²) in [6, 6.07) is 4.17. The number of hydrogen-bond acceptors (Lipinski definition) is 3. The van der Waals surface area contributed by atoms with E-state index in [0.717, 1.165) is 33.7 Å². The summed E-state index contributed by atoms with van der Waals surface area (Å²) in [6.45, 7) is 7.08. The lowest BCUT2D eigenvalue weighted by molar-refractivity contribution is 0.215. The van der Waals surface area contributed by atoms with Crippen LogP contribution < -0.4 is 10.1 Å². The highest BCUT2D eigenvalue weighted by Crippen LogP contribution is 2.33. The Balaban J connectivity index is 1.90. The highest BCUT2D eigenvalue weighted by atomic mass is 79.9. The van der Waals surface area contributed by atoms with Gasteiger partial charge in [-0.25, -0.2) is 0 Å². The molecule has 0 atom stereocenters. The molecule has 1 fully saturated rings. The van der Waals surface area contributed by atoms with Crippen LogP contribution in [0.3, 0.4) is 0 Å². The summed E-state index contributed by atoms with van der Waals surface area (Å²) in [5, 5.41) is 3.60. The zero-order valence-corrected chi connectivity index (χ0v) is 16.0. The standard InChI is InChI=1S/C16H24Br2N2O/c1-3-21-16-13(8-14(17)9-15(16)18)11-19-10-12-4-6-20(2)7-5-12/h8-9,12,19H,3-7,10-11H2,1-2H3. The smallest absolute Gasteiger partial charge is 0.138 e. The molecule has 0 unspecified atom stereocenters. The molecule has 1 aromatic rings. The number of ether oxygens (including phenoxy) is 1. The molecule has 21 heavy (non-hydrogen) atoms. The van der Waals surface area contributed by atoms with Crippen LogP contribution in [0.25, 0.3) is 0 Å². The van der Waals surface area contributed by atoms with Crippen molar-refractivity contribution in [3.63, 3.8) is 0 Å². The van der Waals surface area contributed by atoms with Crippen molar-refractivity contribution in [2.45, 2.75) is 26.3 Å². The van der Waals surface area contributed by atoms with Gasteiger partial charge in [-0.3, -0.25) is 0 Å². The van der Waals surface area contributed by atoms with Crippen molar-refractivity contribution < 1.29 is 4.74 Å². The van der Waals surface area contributed by atoms with Crippen molar-refractivity contribution in [1.82, 2.24) is 10.2 Å². The molecule has 0 spiro atoms. The average Bonchev–Trinajstić information content (AvgIpc) is 2.44. The van der Waals surface area contributed by atoms with Gasteiger partial charge in [-0.2, -0.15) is 0 Å². The van der Waals surface area contributed by atoms with Crippen molar-refractivity contribution in [2.24, 2.45) is 5.92 Å². The maximum Gasteiger partial charge on any atom is 0.138 e. The normalized spacial score (nSPS) is 17.1. The minimum atomic E-state index is 0.683. The Morgan fingerprint density at radius 3 is 2.67 bits per heavy atom. The van der Waals surface area contributed by atoms with E-state index in [1.165, 1.54) is 31.5 Å². The highest BCUT2D eigenvalue weighted by molar-refractivity contribution is 9.11. The van der Waals surface area contributed by atoms with Crippen molar-refractivity contribution in [1.29, 1.82) is 0 Å². The summed E-state index contributed by atoms with van der Waals surface area (Å²) in [7, 11) is 2.21. The SMILES string of the molecule is CCOc1c(Br)cc(Br)cc1CNCC1CCN(C)CC1. The van der Waals surface area contributed by atoms with Crippen LogP contribution in [0, 0.1) is 5.92 Å². The van der Waals surface area contributed by atoms with Crippen molar-refractivity contribution in [3.05, 3.63) is 26.6 Å². The van der Waals surface area contributed by atoms with Gasteiger partial charge in [0.25, 0.3) is 0 Å². The fourth-order valence-electron chi connectivity index (χ4n) is 2.73. The molecule has 1 heterocycles. The average molecular weight is 420 g/mol. The molecule has 0 aliphatic carbocycles. The molecule has 0 aromatic heterocycles. The molecule has 0 radical (unpaired) electrons. The first-order chi connectivity index (χ1) is 10.1. The molecule has 1 saturated heterocycles. The summed E-state index contributed by atoms with van der Waals surface area (Å²) in [4.78, 5) is 2.41. The Morgan fingerprint density at radius 2 is 2.00 bits per heavy atom. The fraction of sp³-hybridized carbons (Fsp3) is 0.625. The van der Waals surface area contributed by atoms with E-state index in [1.807, 2.05) is 13.0 Å². The largest absolute Gasteiger partial charge is 0.492 e. The van der Waals surface area contributed by atoms with E-state index < -0.39 is 0 Å². The summed E-state index contributed by atoms with van der Waals surface area (Å²) in [6.07, 6.45) is 2.59. The van der Waals surface area contributed by atoms with Gasteiger partial charge in [0.2, 0.25) is 0 Å². The highest BCUT2D eigenvalue weighted by Gasteiger charge is 2.16. The molecule has 1 aromatic carbocycles. The van der Waals surface area contributed by atoms with Crippen LogP contribution in [0.1, 0.15) is 25.3 Å². The zero-order chi connectivity index (χ0) is 15.2. The van der Waals surface area contributed by atoms with Gasteiger partial charge in [0.05, 0.1) is 11.1 Å². The predicted octanol–water partition coefficient (Wildman–Crippen LogP) is 4.04. The third-order valence-electron chi connectivity index (χ3n) is 3.96. The van der Waals surface area contributed by atoms with E-state index in [0.29, 0.717) is 6.61 Å². The lowest BCUT2D eigenvalue weighted by atomic mass is 9.97. The molecule has 118 valence electrons. The number of hydrogen-bond donors (Lipinski definition) is 1. The zero-order valence-electron chi connectivity index (χ0n) is 12.8. The third-order valence-corrected chi connectivity index (χ3v) is 5.01. The van der Waals surface area contributed by atoms with Gasteiger partial charge in [-0.05, 0) is 80.4 Å². The van der Waals surface area contributed by atoms with E-state index in [-0.39, 0.29) is 0 Å². The Kier molecular flexibility index (Phi) is 6.99. The number of benzene rings is 1. The first-order valence-corrected chi connectivity index (χ1v) is 9.18. The van der Waals surface area contributed by atoms with E-state index in [4.69, 9.17) is 4.74 Å². The maximum absolute atomic E-state index is 5.77. The van der Waals surface area contributed by atoms with Gasteiger partial charge in [0, 0.05) is 16.6 Å². The topological polar surface area (TPSA) is 24.5 Å². The molecule has 0 bridgehead atoms. The maximum atomic E-state index is 5.77. The molecule has 0 amide bonds. The number of nitrogens with zero attached hydrogens (tertiary/aromatic N) is 1. The number of rotatable bonds is 6. The van der Waals surface area contributed by atoms with Crippen LogP contribution in [0.4, 0.5) is 0 Å². The van der Waals surface area contributed by atoms with Crippen LogP contribution >= 0.6 is 31.9 Å². The van der Waals surface area contributed by atoms with Gasteiger partial charge in [-0.15, -0.1) is 0 Å². The minimum Gasteiger partial charge on any atom is -0.492 e. The van der Waals surface area contributed by atoms with Crippen molar-refractivity contribution in [2.75, 3.05) is 33.3 Å². The Hall–Kier alpha value is -0.100. The monoisotopic (exact) mass is 418 g/mol. The summed E-state index contributed by atoms with van der Waals surface area (Å²) in [5.74, 6) is 1.75. The van der Waals surface area contributed by atoms with Gasteiger partial charge >= 0.3 is 0 Å². The van der Waals surface area contributed by atoms with Gasteiger partial charge in [0.15, 0.2) is 0 Å². The lowest BCUT2D eigenvalue weighted by Crippen LogP contribution is -2.34. The van der Waals surface area contributed by atoms with E-state index in [1.54, 1.807) is 0 Å². The molecule has 1 N–H and O–H groups in total. The second kappa shape index (κ2) is 8.51. The van der Waals surface area contributed by atoms with Crippen LogP contribution in [-0.4, -0.2) is 38.2 Å². The molecule has 2 rings (SSSR count). The number of likely N-dealkylation sites (tertiary alicyclic amines) is 1. The summed E-state index contributed by atoms with van der Waals surface area (Å²) in [5.41, 5.74) is 1.20. The molecular weight excluding hydrogens is 396 g/mol.